The summed E-state index contributed by atoms with van der Waals surface area (Å²) in [6.07, 6.45) is 2.18. The minimum atomic E-state index is -4.07. The van der Waals surface area contributed by atoms with Crippen molar-refractivity contribution in [1.82, 2.24) is 14.3 Å². The molecule has 0 heterocycles. The number of nitrogens with one attached hydrogen (secondary N) is 2. The first-order valence-electron chi connectivity index (χ1n) is 14.6. The second-order valence-corrected chi connectivity index (χ2v) is 14.8. The van der Waals surface area contributed by atoms with Crippen LogP contribution in [0.2, 0.25) is 0 Å². The summed E-state index contributed by atoms with van der Waals surface area (Å²) in [5, 5.41) is 12.7. The van der Waals surface area contributed by atoms with Gasteiger partial charge in [0.1, 0.15) is 12.1 Å². The zero-order chi connectivity index (χ0) is 32.2. The molecule has 5 N–H and O–H groups in total. The van der Waals surface area contributed by atoms with E-state index in [0.717, 1.165) is 15.4 Å². The summed E-state index contributed by atoms with van der Waals surface area (Å²) in [5.41, 5.74) is 7.36. The van der Waals surface area contributed by atoms with Gasteiger partial charge in [-0.1, -0.05) is 55.7 Å². The highest BCUT2D eigenvalue weighted by atomic mass is 32.2. The van der Waals surface area contributed by atoms with E-state index in [0.29, 0.717) is 32.2 Å². The Morgan fingerprint density at radius 1 is 0.837 bits per heavy atom. The van der Waals surface area contributed by atoms with Gasteiger partial charge in [-0.3, -0.25) is 9.59 Å². The van der Waals surface area contributed by atoms with Crippen LogP contribution in [0.15, 0.2) is 58.3 Å². The summed E-state index contributed by atoms with van der Waals surface area (Å²) < 4.78 is 56.3. The van der Waals surface area contributed by atoms with E-state index in [2.05, 4.69) is 10.0 Å². The maximum absolute atomic E-state index is 13.5. The maximum Gasteiger partial charge on any atom is 0.322 e. The van der Waals surface area contributed by atoms with Crippen LogP contribution >= 0.6 is 0 Å². The average Bonchev–Trinajstić information content (AvgIpc) is 2.93. The molecule has 2 aromatic rings. The largest absolute Gasteiger partial charge is 0.480 e. The molecule has 0 radical (unpaired) electrons. The topological polar surface area (TPSA) is 176 Å². The van der Waals surface area contributed by atoms with E-state index in [1.165, 1.54) is 24.3 Å². The van der Waals surface area contributed by atoms with Gasteiger partial charge in [0.25, 0.3) is 0 Å². The summed E-state index contributed by atoms with van der Waals surface area (Å²) in [6.45, 7) is 7.94. The Morgan fingerprint density at radius 2 is 1.37 bits per heavy atom. The number of rotatable bonds is 19. The van der Waals surface area contributed by atoms with E-state index in [1.807, 2.05) is 27.7 Å². The standard InChI is InChI=1S/C30H46N4O7S2/c1-22(2)21-34(43(40,41)26-17-13-24(4)14-18-26)28(30(36)37)10-6-8-20-32-29(35)27(9-5-7-19-31)33-42(38,39)25-15-11-23(3)12-16-25/h11-18,22,27-28,33H,5-10,19-21,31H2,1-4H3,(H,32,35)(H,36,37)/t27-,28-/m0/s1. The number of unbranched alkanes of at least 4 members (excludes halogenated alkanes) is 2. The summed E-state index contributed by atoms with van der Waals surface area (Å²) in [4.78, 5) is 25.3. The summed E-state index contributed by atoms with van der Waals surface area (Å²) >= 11 is 0. The van der Waals surface area contributed by atoms with Crippen molar-refractivity contribution in [3.05, 3.63) is 59.7 Å². The molecule has 11 nitrogen and oxygen atoms in total. The van der Waals surface area contributed by atoms with E-state index in [-0.39, 0.29) is 41.6 Å². The molecule has 13 heteroatoms. The number of aliphatic carboxylic acids is 1. The van der Waals surface area contributed by atoms with Gasteiger partial charge in [-0.2, -0.15) is 9.03 Å². The van der Waals surface area contributed by atoms with Gasteiger partial charge in [0.15, 0.2) is 0 Å². The maximum atomic E-state index is 13.5. The van der Waals surface area contributed by atoms with Gasteiger partial charge in [-0.15, -0.1) is 0 Å². The number of nitrogens with zero attached hydrogens (tertiary/aromatic N) is 1. The molecular formula is C30H46N4O7S2. The highest BCUT2D eigenvalue weighted by molar-refractivity contribution is 7.89. The lowest BCUT2D eigenvalue weighted by Gasteiger charge is -2.29. The van der Waals surface area contributed by atoms with E-state index in [1.54, 1.807) is 24.3 Å². The minimum absolute atomic E-state index is 0.0334. The van der Waals surface area contributed by atoms with Gasteiger partial charge in [0.2, 0.25) is 26.0 Å². The third-order valence-corrected chi connectivity index (χ3v) is 10.3. The molecule has 0 fully saturated rings. The monoisotopic (exact) mass is 638 g/mol. The molecule has 0 aliphatic carbocycles. The first-order chi connectivity index (χ1) is 20.2. The fourth-order valence-corrected chi connectivity index (χ4v) is 7.50. The normalized spacial score (nSPS) is 13.7. The molecule has 43 heavy (non-hydrogen) atoms. The number of carbonyl (C=O) groups is 2. The summed E-state index contributed by atoms with van der Waals surface area (Å²) in [6, 6.07) is 10.3. The molecule has 0 saturated heterocycles. The van der Waals surface area contributed by atoms with Crippen molar-refractivity contribution in [2.45, 2.75) is 88.1 Å². The minimum Gasteiger partial charge on any atom is -0.480 e. The molecule has 0 bridgehead atoms. The van der Waals surface area contributed by atoms with Crippen LogP contribution in [-0.4, -0.2) is 69.8 Å². The number of carbonyl (C=O) groups excluding carboxylic acids is 1. The molecule has 2 atom stereocenters. The average molecular weight is 639 g/mol. The number of hydrogen-bond acceptors (Lipinski definition) is 7. The van der Waals surface area contributed by atoms with Gasteiger partial charge in [0, 0.05) is 13.1 Å². The van der Waals surface area contributed by atoms with Crippen molar-refractivity contribution in [1.29, 1.82) is 0 Å². The third kappa shape index (κ3) is 11.3. The number of benzene rings is 2. The Labute approximate surface area is 256 Å². The van der Waals surface area contributed by atoms with Gasteiger partial charge >= 0.3 is 5.97 Å². The molecule has 0 aliphatic rings. The van der Waals surface area contributed by atoms with E-state index < -0.39 is 44.0 Å². The van der Waals surface area contributed by atoms with Crippen molar-refractivity contribution in [3.8, 4) is 0 Å². The van der Waals surface area contributed by atoms with Gasteiger partial charge < -0.3 is 16.2 Å². The lowest BCUT2D eigenvalue weighted by molar-refractivity contribution is -0.142. The highest BCUT2D eigenvalue weighted by Crippen LogP contribution is 2.23. The van der Waals surface area contributed by atoms with Gasteiger partial charge in [0.05, 0.1) is 9.79 Å². The number of amides is 1. The van der Waals surface area contributed by atoms with Crippen LogP contribution in [0.25, 0.3) is 0 Å². The first kappa shape index (κ1) is 36.4. The Morgan fingerprint density at radius 3 is 1.88 bits per heavy atom. The summed E-state index contributed by atoms with van der Waals surface area (Å²) in [5.74, 6) is -1.85. The number of hydrogen-bond donors (Lipinski definition) is 4. The van der Waals surface area contributed by atoms with Gasteiger partial charge in [-0.25, -0.2) is 16.8 Å². The fraction of sp³-hybridized carbons (Fsp3) is 0.533. The smallest absolute Gasteiger partial charge is 0.322 e. The molecule has 0 spiro atoms. The number of carboxylic acids is 1. The molecule has 2 aromatic carbocycles. The van der Waals surface area contributed by atoms with Gasteiger partial charge in [-0.05, 0) is 82.7 Å². The molecule has 2 rings (SSSR count). The lowest BCUT2D eigenvalue weighted by atomic mass is 10.1. The SMILES string of the molecule is Cc1ccc(S(=O)(=O)N[C@@H](CCCCN)C(=O)NCCCC[C@@H](C(=O)O)N(CC(C)C)S(=O)(=O)c2ccc(C)cc2)cc1. The van der Waals surface area contributed by atoms with Crippen LogP contribution < -0.4 is 15.8 Å². The number of nitrogens with two attached hydrogens (primary N) is 1. The molecule has 1 amide bonds. The third-order valence-electron chi connectivity index (χ3n) is 6.90. The molecule has 0 saturated carbocycles. The van der Waals surface area contributed by atoms with Crippen molar-refractivity contribution in [3.63, 3.8) is 0 Å². The van der Waals surface area contributed by atoms with Crippen molar-refractivity contribution >= 4 is 31.9 Å². The van der Waals surface area contributed by atoms with E-state index in [4.69, 9.17) is 5.73 Å². The Kier molecular flexibility index (Phi) is 14.3. The van der Waals surface area contributed by atoms with Crippen LogP contribution in [0, 0.1) is 19.8 Å². The van der Waals surface area contributed by atoms with Crippen LogP contribution in [0.5, 0.6) is 0 Å². The lowest BCUT2D eigenvalue weighted by Crippen LogP contribution is -2.47. The predicted molar refractivity (Wildman–Crippen MR) is 166 cm³/mol. The molecule has 0 unspecified atom stereocenters. The number of carboxylic acid groups (broad SMARTS) is 1. The molecule has 240 valence electrons. The highest BCUT2D eigenvalue weighted by Gasteiger charge is 2.36. The van der Waals surface area contributed by atoms with E-state index in [9.17, 15) is 31.5 Å². The number of aryl methyl sites for hydroxylation is 2. The second kappa shape index (κ2) is 16.9. The molecule has 0 aliphatic heterocycles. The van der Waals surface area contributed by atoms with Crippen molar-refractivity contribution in [2.24, 2.45) is 11.7 Å². The quantitative estimate of drug-likeness (QED) is 0.170. The van der Waals surface area contributed by atoms with Crippen LogP contribution in [0.4, 0.5) is 0 Å². The Bertz CT molecular complexity index is 1390. The molecule has 0 aromatic heterocycles. The number of sulfonamides is 2. The Balaban J connectivity index is 2.06. The molecular weight excluding hydrogens is 592 g/mol. The Hall–Kier alpha value is -2.84. The van der Waals surface area contributed by atoms with Crippen molar-refractivity contribution < 1.29 is 31.5 Å². The zero-order valence-corrected chi connectivity index (χ0v) is 27.1. The van der Waals surface area contributed by atoms with E-state index >= 15 is 0 Å². The van der Waals surface area contributed by atoms with Crippen molar-refractivity contribution in [2.75, 3.05) is 19.6 Å². The first-order valence-corrected chi connectivity index (χ1v) is 17.5. The predicted octanol–water partition coefficient (Wildman–Crippen LogP) is 3.17. The van der Waals surface area contributed by atoms with Crippen LogP contribution in [0.3, 0.4) is 0 Å². The second-order valence-electron chi connectivity index (χ2n) is 11.2. The van der Waals surface area contributed by atoms with Crippen LogP contribution in [0.1, 0.15) is 63.5 Å². The fourth-order valence-electron chi connectivity index (χ4n) is 4.50. The zero-order valence-electron chi connectivity index (χ0n) is 25.5. The van der Waals surface area contributed by atoms with Crippen LogP contribution in [-0.2, 0) is 29.6 Å². The summed E-state index contributed by atoms with van der Waals surface area (Å²) in [7, 11) is -8.01.